The van der Waals surface area contributed by atoms with Crippen LogP contribution >= 0.6 is 0 Å². The smallest absolute Gasteiger partial charge is 0.126 e. The fourth-order valence-electron chi connectivity index (χ4n) is 2.25. The number of methoxy groups -OCH3 is 2. The van der Waals surface area contributed by atoms with Gasteiger partial charge in [0.05, 0.1) is 14.2 Å². The number of halogens is 2. The second kappa shape index (κ2) is 7.04. The summed E-state index contributed by atoms with van der Waals surface area (Å²) >= 11 is 0. The highest BCUT2D eigenvalue weighted by Crippen LogP contribution is 2.36. The molecule has 0 fully saturated rings. The Morgan fingerprint density at radius 1 is 0.810 bits per heavy atom. The molecule has 0 aromatic heterocycles. The Bertz CT molecular complexity index is 564. The maximum Gasteiger partial charge on any atom is 0.126 e. The molecule has 0 spiro atoms. The van der Waals surface area contributed by atoms with Crippen LogP contribution < -0.4 is 15.6 Å². The largest absolute Gasteiger partial charge is 0.496 e. The van der Waals surface area contributed by atoms with Crippen molar-refractivity contribution in [2.75, 3.05) is 14.2 Å². The first-order chi connectivity index (χ1) is 9.56. The zero-order chi connectivity index (χ0) is 14.7. The van der Waals surface area contributed by atoms with Gasteiger partial charge < -0.3 is 15.6 Å². The van der Waals surface area contributed by atoms with Gasteiger partial charge in [0.1, 0.15) is 23.1 Å². The molecule has 3 nitrogen and oxygen atoms in total. The van der Waals surface area contributed by atoms with Crippen LogP contribution in [0.15, 0.2) is 36.4 Å². The normalized spacial score (nSPS) is 10.2. The van der Waals surface area contributed by atoms with E-state index in [1.807, 2.05) is 6.92 Å². The molecule has 2 aromatic rings. The van der Waals surface area contributed by atoms with Crippen LogP contribution in [0.2, 0.25) is 0 Å². The molecule has 0 unspecified atom stereocenters. The summed E-state index contributed by atoms with van der Waals surface area (Å²) in [5, 5.41) is 0. The summed E-state index contributed by atoms with van der Waals surface area (Å²) in [6, 6.07) is 8.77. The molecule has 0 bridgehead atoms. The Balaban J connectivity index is 0.00000220. The van der Waals surface area contributed by atoms with Gasteiger partial charge in [-0.1, -0.05) is 19.1 Å². The topological polar surface area (TPSA) is 53.5 Å². The van der Waals surface area contributed by atoms with Crippen LogP contribution in [0.5, 0.6) is 11.5 Å². The Kier molecular flexibility index (Phi) is 5.67. The zero-order valence-corrected chi connectivity index (χ0v) is 12.3. The van der Waals surface area contributed by atoms with E-state index in [9.17, 15) is 8.78 Å². The van der Waals surface area contributed by atoms with Gasteiger partial charge in [0.2, 0.25) is 0 Å². The monoisotopic (exact) mass is 295 g/mol. The van der Waals surface area contributed by atoms with E-state index in [0.29, 0.717) is 11.5 Å². The third-order valence-electron chi connectivity index (χ3n) is 3.32. The summed E-state index contributed by atoms with van der Waals surface area (Å²) in [6.07, 6.45) is 0. The summed E-state index contributed by atoms with van der Waals surface area (Å²) in [5.41, 5.74) is 1.64. The standard InChI is InChI=1S/C16H16F2O2.H3N/c1-10(13-6-4-11(17)8-15(13)19-2)14-7-5-12(18)9-16(14)20-3;/h4-10H,1-3H3;1H3. The Labute approximate surface area is 123 Å². The lowest BCUT2D eigenvalue weighted by atomic mass is 9.91. The predicted molar refractivity (Wildman–Crippen MR) is 78.4 cm³/mol. The second-order valence-corrected chi connectivity index (χ2v) is 4.49. The first kappa shape index (κ1) is 16.9. The number of hydrogen-bond acceptors (Lipinski definition) is 3. The van der Waals surface area contributed by atoms with E-state index in [2.05, 4.69) is 0 Å². The maximum atomic E-state index is 13.2. The van der Waals surface area contributed by atoms with E-state index in [0.717, 1.165) is 11.1 Å². The molecule has 0 saturated heterocycles. The summed E-state index contributed by atoms with van der Waals surface area (Å²) < 4.78 is 36.9. The van der Waals surface area contributed by atoms with Gasteiger partial charge in [-0.05, 0) is 12.1 Å². The quantitative estimate of drug-likeness (QED) is 0.915. The number of rotatable bonds is 4. The van der Waals surface area contributed by atoms with Crippen molar-refractivity contribution in [3.8, 4) is 11.5 Å². The van der Waals surface area contributed by atoms with Crippen molar-refractivity contribution in [2.45, 2.75) is 12.8 Å². The molecule has 0 saturated carbocycles. The van der Waals surface area contributed by atoms with E-state index in [1.54, 1.807) is 12.1 Å². The molecule has 0 atom stereocenters. The molecule has 0 aliphatic rings. The van der Waals surface area contributed by atoms with Gasteiger partial charge >= 0.3 is 0 Å². The summed E-state index contributed by atoms with van der Waals surface area (Å²) in [7, 11) is 2.99. The highest BCUT2D eigenvalue weighted by atomic mass is 19.1. The van der Waals surface area contributed by atoms with Crippen molar-refractivity contribution >= 4 is 0 Å². The molecule has 114 valence electrons. The van der Waals surface area contributed by atoms with Gasteiger partial charge in [-0.25, -0.2) is 8.78 Å². The number of benzene rings is 2. The van der Waals surface area contributed by atoms with Crippen molar-refractivity contribution < 1.29 is 18.3 Å². The third kappa shape index (κ3) is 3.49. The van der Waals surface area contributed by atoms with Crippen LogP contribution in [0.25, 0.3) is 0 Å². The van der Waals surface area contributed by atoms with Gasteiger partial charge in [-0.15, -0.1) is 0 Å². The van der Waals surface area contributed by atoms with E-state index >= 15 is 0 Å². The lowest BCUT2D eigenvalue weighted by Gasteiger charge is -2.18. The Hall–Kier alpha value is -2.14. The minimum atomic E-state index is -0.358. The fraction of sp³-hybridized carbons (Fsp3) is 0.250. The molecule has 3 N–H and O–H groups in total. The lowest BCUT2D eigenvalue weighted by Crippen LogP contribution is -2.03. The summed E-state index contributed by atoms with van der Waals surface area (Å²) in [5.74, 6) is 0.0987. The van der Waals surface area contributed by atoms with Crippen LogP contribution in [0.3, 0.4) is 0 Å². The first-order valence-corrected chi connectivity index (χ1v) is 6.23. The van der Waals surface area contributed by atoms with E-state index in [1.165, 1.54) is 38.5 Å². The summed E-state index contributed by atoms with van der Waals surface area (Å²) in [4.78, 5) is 0. The number of ether oxygens (including phenoxy) is 2. The van der Waals surface area contributed by atoms with Crippen LogP contribution in [-0.4, -0.2) is 14.2 Å². The average Bonchev–Trinajstić information content (AvgIpc) is 2.46. The third-order valence-corrected chi connectivity index (χ3v) is 3.32. The molecule has 0 aliphatic heterocycles. The fourth-order valence-corrected chi connectivity index (χ4v) is 2.25. The van der Waals surface area contributed by atoms with Gasteiger partial charge in [0, 0.05) is 29.2 Å². The van der Waals surface area contributed by atoms with Crippen molar-refractivity contribution in [3.05, 3.63) is 59.2 Å². The first-order valence-electron chi connectivity index (χ1n) is 6.23. The maximum absolute atomic E-state index is 13.2. The summed E-state index contributed by atoms with van der Waals surface area (Å²) in [6.45, 7) is 1.94. The SMILES string of the molecule is COc1cc(F)ccc1C(C)c1ccc(F)cc1OC.N. The lowest BCUT2D eigenvalue weighted by molar-refractivity contribution is 0.397. The molecular formula is C16H19F2NO2. The van der Waals surface area contributed by atoms with Gasteiger partial charge in [-0.2, -0.15) is 0 Å². The molecular weight excluding hydrogens is 276 g/mol. The molecule has 5 heteroatoms. The van der Waals surface area contributed by atoms with Crippen LogP contribution in [0.4, 0.5) is 8.78 Å². The van der Waals surface area contributed by atoms with E-state index < -0.39 is 0 Å². The zero-order valence-electron chi connectivity index (χ0n) is 12.3. The molecule has 2 aromatic carbocycles. The van der Waals surface area contributed by atoms with Crippen molar-refractivity contribution in [1.29, 1.82) is 0 Å². The highest BCUT2D eigenvalue weighted by Gasteiger charge is 2.18. The molecule has 0 heterocycles. The minimum absolute atomic E-state index is 0. The van der Waals surface area contributed by atoms with Crippen LogP contribution in [-0.2, 0) is 0 Å². The van der Waals surface area contributed by atoms with E-state index in [-0.39, 0.29) is 23.7 Å². The van der Waals surface area contributed by atoms with Gasteiger partial charge in [0.15, 0.2) is 0 Å². The Morgan fingerprint density at radius 2 is 1.19 bits per heavy atom. The highest BCUT2D eigenvalue weighted by molar-refractivity contribution is 5.46. The van der Waals surface area contributed by atoms with E-state index in [4.69, 9.17) is 9.47 Å². The van der Waals surface area contributed by atoms with Crippen LogP contribution in [0.1, 0.15) is 24.0 Å². The molecule has 0 amide bonds. The Morgan fingerprint density at radius 3 is 1.52 bits per heavy atom. The second-order valence-electron chi connectivity index (χ2n) is 4.49. The van der Waals surface area contributed by atoms with Crippen molar-refractivity contribution in [1.82, 2.24) is 6.15 Å². The average molecular weight is 295 g/mol. The van der Waals surface area contributed by atoms with Crippen LogP contribution in [0, 0.1) is 11.6 Å². The molecule has 2 rings (SSSR count). The molecule has 0 aliphatic carbocycles. The minimum Gasteiger partial charge on any atom is -0.496 e. The molecule has 21 heavy (non-hydrogen) atoms. The number of hydrogen-bond donors (Lipinski definition) is 1. The van der Waals surface area contributed by atoms with Gasteiger partial charge in [-0.3, -0.25) is 0 Å². The predicted octanol–water partition coefficient (Wildman–Crippen LogP) is 4.30. The van der Waals surface area contributed by atoms with Crippen molar-refractivity contribution in [3.63, 3.8) is 0 Å². The molecule has 0 radical (unpaired) electrons. The van der Waals surface area contributed by atoms with Crippen molar-refractivity contribution in [2.24, 2.45) is 0 Å². The van der Waals surface area contributed by atoms with Gasteiger partial charge in [0.25, 0.3) is 0 Å².